The summed E-state index contributed by atoms with van der Waals surface area (Å²) in [5, 5.41) is 5.75. The number of nitrogens with one attached hydrogen (secondary N) is 1. The normalized spacial score (nSPS) is 15.9. The number of carbonyl (C=O) groups excluding carboxylic acids is 2. The fourth-order valence-corrected chi connectivity index (χ4v) is 4.48. The first-order valence-corrected chi connectivity index (χ1v) is 12.5. The molecule has 1 atom stereocenters. The molecule has 1 saturated heterocycles. The van der Waals surface area contributed by atoms with Crippen LogP contribution in [0.1, 0.15) is 32.9 Å². The number of nitrogens with zero attached hydrogens (tertiary/aromatic N) is 3. The lowest BCUT2D eigenvalue weighted by atomic mass is 10.0. The lowest BCUT2D eigenvalue weighted by Gasteiger charge is -2.23. The minimum Gasteiger partial charge on any atom is -0.453 e. The summed E-state index contributed by atoms with van der Waals surface area (Å²) in [5.74, 6) is 1.26. The lowest BCUT2D eigenvalue weighted by Crippen LogP contribution is -2.38. The topological polar surface area (TPSA) is 93.7 Å². The van der Waals surface area contributed by atoms with Crippen molar-refractivity contribution in [2.75, 3.05) is 11.9 Å². The van der Waals surface area contributed by atoms with Crippen molar-refractivity contribution in [3.05, 3.63) is 58.1 Å². The van der Waals surface area contributed by atoms with Crippen LogP contribution in [0, 0.1) is 5.92 Å². The van der Waals surface area contributed by atoms with Gasteiger partial charge in [0.2, 0.25) is 5.91 Å². The number of pyridine rings is 1. The Morgan fingerprint density at radius 1 is 1.29 bits per heavy atom. The smallest absolute Gasteiger partial charge is 0.417 e. The minimum atomic E-state index is -0.644. The van der Waals surface area contributed by atoms with Gasteiger partial charge in [-0.25, -0.2) is 19.7 Å². The number of carbonyl (C=O) groups is 2. The van der Waals surface area contributed by atoms with E-state index in [-0.39, 0.29) is 11.8 Å². The molecule has 1 fully saturated rings. The standard InChI is InChI=1S/C24H25BrN4O4S/c1-24(2,3)33-23(31)29-10-9-15(21(29)30)11-17-14-34-22(27-17)28-20-19(12-16(25)13-26-20)32-18-7-5-4-6-8-18/h4-8,12-15H,9-11H2,1-3H3,(H,26,27,28). The van der Waals surface area contributed by atoms with Crippen molar-refractivity contribution in [2.45, 2.75) is 39.2 Å². The molecular formula is C24H25BrN4O4S. The number of amides is 2. The Morgan fingerprint density at radius 3 is 2.79 bits per heavy atom. The summed E-state index contributed by atoms with van der Waals surface area (Å²) in [4.78, 5) is 35.3. The molecule has 2 amide bonds. The average molecular weight is 545 g/mol. The van der Waals surface area contributed by atoms with Crippen LogP contribution in [0.15, 0.2) is 52.4 Å². The first kappa shape index (κ1) is 24.2. The molecule has 2 aromatic heterocycles. The van der Waals surface area contributed by atoms with Gasteiger partial charge in [-0.1, -0.05) is 18.2 Å². The van der Waals surface area contributed by atoms with Crippen molar-refractivity contribution in [3.63, 3.8) is 0 Å². The van der Waals surface area contributed by atoms with Gasteiger partial charge in [-0.05, 0) is 55.3 Å². The number of ether oxygens (including phenoxy) is 2. The number of benzene rings is 1. The van der Waals surface area contributed by atoms with Crippen LogP contribution in [0.2, 0.25) is 0 Å². The summed E-state index contributed by atoms with van der Waals surface area (Å²) in [6.07, 6.45) is 2.13. The zero-order valence-electron chi connectivity index (χ0n) is 19.1. The van der Waals surface area contributed by atoms with Gasteiger partial charge in [0.05, 0.1) is 5.69 Å². The third-order valence-corrected chi connectivity index (χ3v) is 6.19. The largest absolute Gasteiger partial charge is 0.453 e. The lowest BCUT2D eigenvalue weighted by molar-refractivity contribution is -0.130. The Labute approximate surface area is 210 Å². The van der Waals surface area contributed by atoms with E-state index in [9.17, 15) is 9.59 Å². The van der Waals surface area contributed by atoms with Crippen LogP contribution in [0.3, 0.4) is 0 Å². The molecule has 4 rings (SSSR count). The van der Waals surface area contributed by atoms with Crippen LogP contribution >= 0.6 is 27.3 Å². The maximum atomic E-state index is 12.7. The molecule has 178 valence electrons. The van der Waals surface area contributed by atoms with Crippen molar-refractivity contribution in [2.24, 2.45) is 5.92 Å². The number of thiazole rings is 1. The predicted octanol–water partition coefficient (Wildman–Crippen LogP) is 6.16. The molecule has 3 heterocycles. The summed E-state index contributed by atoms with van der Waals surface area (Å²) in [5.41, 5.74) is 0.134. The highest BCUT2D eigenvalue weighted by Crippen LogP contribution is 2.33. The summed E-state index contributed by atoms with van der Waals surface area (Å²) >= 11 is 4.85. The summed E-state index contributed by atoms with van der Waals surface area (Å²) < 4.78 is 12.1. The third-order valence-electron chi connectivity index (χ3n) is 4.95. The van der Waals surface area contributed by atoms with Gasteiger partial charge in [0.1, 0.15) is 11.4 Å². The van der Waals surface area contributed by atoms with E-state index in [4.69, 9.17) is 9.47 Å². The summed E-state index contributed by atoms with van der Waals surface area (Å²) in [7, 11) is 0. The number of rotatable bonds is 6. The Bertz CT molecular complexity index is 1180. The summed E-state index contributed by atoms with van der Waals surface area (Å²) in [6, 6.07) is 11.3. The van der Waals surface area contributed by atoms with Crippen LogP contribution in [0.4, 0.5) is 15.7 Å². The number of hydrogen-bond acceptors (Lipinski definition) is 8. The van der Waals surface area contributed by atoms with E-state index < -0.39 is 11.7 Å². The van der Waals surface area contributed by atoms with E-state index in [2.05, 4.69) is 31.2 Å². The van der Waals surface area contributed by atoms with Crippen LogP contribution in [-0.4, -0.2) is 39.0 Å². The Hall–Kier alpha value is -2.98. The van der Waals surface area contributed by atoms with Gasteiger partial charge in [0.15, 0.2) is 16.7 Å². The van der Waals surface area contributed by atoms with E-state index in [0.717, 1.165) is 10.2 Å². The molecule has 3 aromatic rings. The first-order valence-electron chi connectivity index (χ1n) is 10.8. The van der Waals surface area contributed by atoms with Gasteiger partial charge in [0.25, 0.3) is 0 Å². The molecule has 0 bridgehead atoms. The fraction of sp³-hybridized carbons (Fsp3) is 0.333. The second-order valence-electron chi connectivity index (χ2n) is 8.84. The van der Waals surface area contributed by atoms with E-state index >= 15 is 0 Å². The summed E-state index contributed by atoms with van der Waals surface area (Å²) in [6.45, 7) is 5.70. The fourth-order valence-electron chi connectivity index (χ4n) is 3.45. The monoisotopic (exact) mass is 544 g/mol. The number of imide groups is 1. The molecule has 0 saturated carbocycles. The zero-order valence-corrected chi connectivity index (χ0v) is 21.5. The maximum absolute atomic E-state index is 12.7. The molecular weight excluding hydrogens is 520 g/mol. The highest BCUT2D eigenvalue weighted by molar-refractivity contribution is 9.10. The van der Waals surface area contributed by atoms with Crippen LogP contribution in [0.5, 0.6) is 11.5 Å². The third kappa shape index (κ3) is 6.12. The van der Waals surface area contributed by atoms with Gasteiger partial charge in [-0.15, -0.1) is 11.3 Å². The number of hydrogen-bond donors (Lipinski definition) is 1. The van der Waals surface area contributed by atoms with Crippen molar-refractivity contribution in [3.8, 4) is 11.5 Å². The Morgan fingerprint density at radius 2 is 2.06 bits per heavy atom. The molecule has 1 N–H and O–H groups in total. The van der Waals surface area contributed by atoms with Crippen LogP contribution in [0.25, 0.3) is 0 Å². The van der Waals surface area contributed by atoms with Crippen LogP contribution < -0.4 is 10.1 Å². The molecule has 0 radical (unpaired) electrons. The van der Waals surface area contributed by atoms with Gasteiger partial charge in [0, 0.05) is 41.0 Å². The molecule has 8 nitrogen and oxygen atoms in total. The predicted molar refractivity (Wildman–Crippen MR) is 134 cm³/mol. The zero-order chi connectivity index (χ0) is 24.3. The number of halogens is 1. The van der Waals surface area contributed by atoms with E-state index in [1.54, 1.807) is 27.0 Å². The second-order valence-corrected chi connectivity index (χ2v) is 10.6. The van der Waals surface area contributed by atoms with Gasteiger partial charge < -0.3 is 14.8 Å². The molecule has 1 unspecified atom stereocenters. The molecule has 1 aromatic carbocycles. The maximum Gasteiger partial charge on any atom is 0.417 e. The van der Waals surface area contributed by atoms with Gasteiger partial charge >= 0.3 is 6.09 Å². The molecule has 0 aliphatic carbocycles. The molecule has 10 heteroatoms. The molecule has 0 spiro atoms. The van der Waals surface area contributed by atoms with Crippen molar-refractivity contribution < 1.29 is 19.1 Å². The van der Waals surface area contributed by atoms with E-state index in [1.165, 1.54) is 16.2 Å². The highest BCUT2D eigenvalue weighted by Gasteiger charge is 2.38. The highest BCUT2D eigenvalue weighted by atomic mass is 79.9. The number of anilines is 2. The number of para-hydroxylation sites is 1. The number of likely N-dealkylation sites (tertiary alicyclic amines) is 1. The molecule has 1 aliphatic heterocycles. The SMILES string of the molecule is CC(C)(C)OC(=O)N1CCC(Cc2csc(Nc3ncc(Br)cc3Oc3ccccc3)n2)C1=O. The van der Waals surface area contributed by atoms with Crippen molar-refractivity contribution in [1.82, 2.24) is 14.9 Å². The minimum absolute atomic E-state index is 0.218. The first-order chi connectivity index (χ1) is 16.2. The Balaban J connectivity index is 1.41. The number of aromatic nitrogens is 2. The van der Waals surface area contributed by atoms with Crippen molar-refractivity contribution in [1.29, 1.82) is 0 Å². The quantitative estimate of drug-likeness (QED) is 0.396. The van der Waals surface area contributed by atoms with Crippen LogP contribution in [-0.2, 0) is 16.0 Å². The van der Waals surface area contributed by atoms with E-state index in [1.807, 2.05) is 41.8 Å². The van der Waals surface area contributed by atoms with Gasteiger partial charge in [-0.2, -0.15) is 0 Å². The Kier molecular flexibility index (Phi) is 7.18. The molecule has 1 aliphatic rings. The average Bonchev–Trinajstić information content (AvgIpc) is 3.36. The van der Waals surface area contributed by atoms with Gasteiger partial charge in [-0.3, -0.25) is 4.79 Å². The molecule has 34 heavy (non-hydrogen) atoms. The van der Waals surface area contributed by atoms with Crippen molar-refractivity contribution >= 4 is 50.2 Å². The van der Waals surface area contributed by atoms with E-state index in [0.29, 0.717) is 41.8 Å². The second kappa shape index (κ2) is 10.1.